The van der Waals surface area contributed by atoms with Crippen LogP contribution in [0.2, 0.25) is 5.02 Å². The predicted octanol–water partition coefficient (Wildman–Crippen LogP) is 4.41. The van der Waals surface area contributed by atoms with Gasteiger partial charge in [-0.2, -0.15) is 0 Å². The number of amides is 1. The Morgan fingerprint density at radius 2 is 2.04 bits per heavy atom. The zero-order chi connectivity index (χ0) is 18.5. The van der Waals surface area contributed by atoms with Crippen LogP contribution in [0.5, 0.6) is 17.2 Å². The monoisotopic (exact) mass is 375 g/mol. The lowest BCUT2D eigenvalue weighted by molar-refractivity contribution is -0.121. The molecule has 0 saturated heterocycles. The van der Waals surface area contributed by atoms with Crippen LogP contribution in [0.15, 0.2) is 36.4 Å². The second-order valence-corrected chi connectivity index (χ2v) is 6.67. The Hall–Kier alpha value is -2.40. The molecule has 1 amide bonds. The molecule has 1 aliphatic rings. The molecule has 5 nitrogen and oxygen atoms in total. The first-order valence-corrected chi connectivity index (χ1v) is 8.98. The molecule has 0 fully saturated rings. The molecule has 138 valence electrons. The van der Waals surface area contributed by atoms with Gasteiger partial charge in [-0.1, -0.05) is 17.7 Å². The number of rotatable bonds is 7. The van der Waals surface area contributed by atoms with Gasteiger partial charge >= 0.3 is 0 Å². The van der Waals surface area contributed by atoms with Crippen LogP contribution in [0.4, 0.5) is 0 Å². The molecule has 0 saturated carbocycles. The highest BCUT2D eigenvalue weighted by atomic mass is 35.5. The second-order valence-electron chi connectivity index (χ2n) is 6.26. The van der Waals surface area contributed by atoms with Crippen LogP contribution >= 0.6 is 11.6 Å². The summed E-state index contributed by atoms with van der Waals surface area (Å²) >= 11 is 5.99. The van der Waals surface area contributed by atoms with E-state index < -0.39 is 0 Å². The van der Waals surface area contributed by atoms with Crippen molar-refractivity contribution in [3.63, 3.8) is 0 Å². The minimum absolute atomic E-state index is 0.00828. The highest BCUT2D eigenvalue weighted by Gasteiger charge is 2.16. The Bertz CT molecular complexity index is 793. The standard InChI is InChI=1S/C20H22ClNO4/c1-13-10-16(6-7-17(13)21)24-9-3-4-20(23)22-14(2)15-5-8-18-19(11-15)26-12-25-18/h5-8,10-11,14H,3-4,9,12H2,1-2H3,(H,22,23). The van der Waals surface area contributed by atoms with E-state index in [9.17, 15) is 4.79 Å². The molecule has 0 aliphatic carbocycles. The maximum Gasteiger partial charge on any atom is 0.231 e. The van der Waals surface area contributed by atoms with Gasteiger partial charge in [0.2, 0.25) is 12.7 Å². The number of carbonyl (C=O) groups is 1. The van der Waals surface area contributed by atoms with Crippen molar-refractivity contribution in [2.24, 2.45) is 0 Å². The SMILES string of the molecule is Cc1cc(OCCCC(=O)NC(C)c2ccc3c(c2)OCO3)ccc1Cl. The molecule has 6 heteroatoms. The van der Waals surface area contributed by atoms with E-state index in [1.807, 2.05) is 50.2 Å². The van der Waals surface area contributed by atoms with Gasteiger partial charge in [0.25, 0.3) is 0 Å². The van der Waals surface area contributed by atoms with Crippen LogP contribution in [-0.2, 0) is 4.79 Å². The Balaban J connectivity index is 1.41. The maximum absolute atomic E-state index is 12.1. The summed E-state index contributed by atoms with van der Waals surface area (Å²) in [6.45, 7) is 4.60. The second kappa shape index (κ2) is 8.32. The Kier molecular flexibility index (Phi) is 5.89. The number of hydrogen-bond acceptors (Lipinski definition) is 4. The van der Waals surface area contributed by atoms with E-state index in [1.54, 1.807) is 0 Å². The van der Waals surface area contributed by atoms with E-state index in [-0.39, 0.29) is 18.7 Å². The van der Waals surface area contributed by atoms with Crippen LogP contribution < -0.4 is 19.5 Å². The topological polar surface area (TPSA) is 56.8 Å². The van der Waals surface area contributed by atoms with Crippen LogP contribution in [0.1, 0.15) is 36.9 Å². The molecule has 2 aromatic carbocycles. The molecule has 1 N–H and O–H groups in total. The minimum Gasteiger partial charge on any atom is -0.494 e. The lowest BCUT2D eigenvalue weighted by Gasteiger charge is -2.15. The number of carbonyl (C=O) groups excluding carboxylic acids is 1. The van der Waals surface area contributed by atoms with Crippen LogP contribution in [0.3, 0.4) is 0 Å². The smallest absolute Gasteiger partial charge is 0.231 e. The van der Waals surface area contributed by atoms with E-state index in [2.05, 4.69) is 5.32 Å². The van der Waals surface area contributed by atoms with Gasteiger partial charge in [0.1, 0.15) is 5.75 Å². The Morgan fingerprint density at radius 3 is 2.85 bits per heavy atom. The zero-order valence-electron chi connectivity index (χ0n) is 14.9. The summed E-state index contributed by atoms with van der Waals surface area (Å²) in [5.41, 5.74) is 1.95. The molecule has 1 heterocycles. The van der Waals surface area contributed by atoms with E-state index in [1.165, 1.54) is 0 Å². The molecular formula is C20H22ClNO4. The van der Waals surface area contributed by atoms with Gasteiger partial charge in [-0.3, -0.25) is 4.79 Å². The summed E-state index contributed by atoms with van der Waals surface area (Å²) in [7, 11) is 0. The number of aryl methyl sites for hydroxylation is 1. The van der Waals surface area contributed by atoms with Gasteiger partial charge in [0, 0.05) is 11.4 Å². The first kappa shape index (κ1) is 18.4. The number of nitrogens with one attached hydrogen (secondary N) is 1. The Morgan fingerprint density at radius 1 is 1.23 bits per heavy atom. The average Bonchev–Trinajstić information content (AvgIpc) is 3.09. The van der Waals surface area contributed by atoms with Gasteiger partial charge in [-0.15, -0.1) is 0 Å². The molecule has 1 unspecified atom stereocenters. The molecule has 0 bridgehead atoms. The third kappa shape index (κ3) is 4.61. The van der Waals surface area contributed by atoms with E-state index in [0.717, 1.165) is 28.4 Å². The molecule has 1 aliphatic heterocycles. The van der Waals surface area contributed by atoms with Crippen molar-refractivity contribution in [2.75, 3.05) is 13.4 Å². The number of halogens is 1. The van der Waals surface area contributed by atoms with Crippen molar-refractivity contribution in [3.05, 3.63) is 52.5 Å². The van der Waals surface area contributed by atoms with Crippen molar-refractivity contribution in [1.82, 2.24) is 5.32 Å². The van der Waals surface area contributed by atoms with Gasteiger partial charge in [-0.05, 0) is 61.7 Å². The molecule has 1 atom stereocenters. The van der Waals surface area contributed by atoms with Crippen LogP contribution in [0.25, 0.3) is 0 Å². The molecule has 26 heavy (non-hydrogen) atoms. The fraction of sp³-hybridized carbons (Fsp3) is 0.350. The Labute approximate surface area is 158 Å². The first-order chi connectivity index (χ1) is 12.5. The summed E-state index contributed by atoms with van der Waals surface area (Å²) < 4.78 is 16.3. The lowest BCUT2D eigenvalue weighted by Crippen LogP contribution is -2.26. The van der Waals surface area contributed by atoms with E-state index in [4.69, 9.17) is 25.8 Å². The van der Waals surface area contributed by atoms with Crippen molar-refractivity contribution in [3.8, 4) is 17.2 Å². The quantitative estimate of drug-likeness (QED) is 0.728. The van der Waals surface area contributed by atoms with Gasteiger partial charge in [-0.25, -0.2) is 0 Å². The number of benzene rings is 2. The molecule has 0 radical (unpaired) electrons. The van der Waals surface area contributed by atoms with Crippen molar-refractivity contribution >= 4 is 17.5 Å². The molecule has 0 aromatic heterocycles. The fourth-order valence-electron chi connectivity index (χ4n) is 2.71. The van der Waals surface area contributed by atoms with Crippen LogP contribution in [0, 0.1) is 6.92 Å². The molecular weight excluding hydrogens is 354 g/mol. The van der Waals surface area contributed by atoms with Crippen molar-refractivity contribution in [1.29, 1.82) is 0 Å². The molecule has 0 spiro atoms. The van der Waals surface area contributed by atoms with Gasteiger partial charge in [0.15, 0.2) is 11.5 Å². The molecule has 3 rings (SSSR count). The third-order valence-electron chi connectivity index (χ3n) is 4.22. The number of ether oxygens (including phenoxy) is 3. The van der Waals surface area contributed by atoms with Gasteiger partial charge in [0.05, 0.1) is 12.6 Å². The summed E-state index contributed by atoms with van der Waals surface area (Å²) in [6, 6.07) is 11.1. The summed E-state index contributed by atoms with van der Waals surface area (Å²) in [5, 5.41) is 3.71. The average molecular weight is 376 g/mol. The van der Waals surface area contributed by atoms with Gasteiger partial charge < -0.3 is 19.5 Å². The van der Waals surface area contributed by atoms with Crippen molar-refractivity contribution < 1.29 is 19.0 Å². The predicted molar refractivity (Wildman–Crippen MR) is 100 cm³/mol. The fourth-order valence-corrected chi connectivity index (χ4v) is 2.83. The van der Waals surface area contributed by atoms with E-state index >= 15 is 0 Å². The highest BCUT2D eigenvalue weighted by molar-refractivity contribution is 6.31. The minimum atomic E-state index is -0.100. The van der Waals surface area contributed by atoms with Crippen LogP contribution in [-0.4, -0.2) is 19.3 Å². The largest absolute Gasteiger partial charge is 0.494 e. The normalized spacial score (nSPS) is 13.3. The maximum atomic E-state index is 12.1. The number of fused-ring (bicyclic) bond motifs is 1. The summed E-state index contributed by atoms with van der Waals surface area (Å²) in [6.07, 6.45) is 1.04. The lowest BCUT2D eigenvalue weighted by atomic mass is 10.1. The summed E-state index contributed by atoms with van der Waals surface area (Å²) in [4.78, 5) is 12.1. The zero-order valence-corrected chi connectivity index (χ0v) is 15.6. The third-order valence-corrected chi connectivity index (χ3v) is 4.64. The van der Waals surface area contributed by atoms with E-state index in [0.29, 0.717) is 24.5 Å². The van der Waals surface area contributed by atoms with Crippen molar-refractivity contribution in [2.45, 2.75) is 32.7 Å². The highest BCUT2D eigenvalue weighted by Crippen LogP contribution is 2.34. The summed E-state index contributed by atoms with van der Waals surface area (Å²) in [5.74, 6) is 2.21. The number of hydrogen-bond donors (Lipinski definition) is 1. The first-order valence-electron chi connectivity index (χ1n) is 8.61. The molecule has 2 aromatic rings.